The molecule has 2 aromatic rings. The van der Waals surface area contributed by atoms with Gasteiger partial charge in [0.2, 0.25) is 0 Å². The molecule has 0 saturated carbocycles. The fourth-order valence-electron chi connectivity index (χ4n) is 1.94. The molecule has 0 atom stereocenters. The topological polar surface area (TPSA) is 90.4 Å². The van der Waals surface area contributed by atoms with Gasteiger partial charge in [-0.2, -0.15) is 0 Å². The van der Waals surface area contributed by atoms with Crippen LogP contribution in [0.3, 0.4) is 0 Å². The molecule has 1 aromatic carbocycles. The monoisotopic (exact) mass is 291 g/mol. The van der Waals surface area contributed by atoms with Gasteiger partial charge in [0.1, 0.15) is 15.6 Å². The minimum Gasteiger partial charge on any atom is -0.492 e. The van der Waals surface area contributed by atoms with Crippen molar-refractivity contribution in [3.63, 3.8) is 0 Å². The number of nitrogens with one attached hydrogen (secondary N) is 1. The van der Waals surface area contributed by atoms with Crippen molar-refractivity contribution in [2.45, 2.75) is 13.5 Å². The molecule has 5 nitrogen and oxygen atoms in total. The number of nitrogens with two attached hydrogens (primary N) is 2. The van der Waals surface area contributed by atoms with E-state index in [1.54, 1.807) is 0 Å². The summed E-state index contributed by atoms with van der Waals surface area (Å²) in [5.41, 5.74) is 13.8. The smallest absolute Gasteiger partial charge is 0.261 e. The molecule has 0 aliphatic rings. The molecule has 1 amide bonds. The van der Waals surface area contributed by atoms with Crippen LogP contribution in [0, 0.1) is 6.92 Å². The highest BCUT2D eigenvalue weighted by molar-refractivity contribution is 7.19. The summed E-state index contributed by atoms with van der Waals surface area (Å²) in [6, 6.07) is 8.16. The Bertz CT molecular complexity index is 637. The van der Waals surface area contributed by atoms with Crippen LogP contribution in [0.4, 0.5) is 10.7 Å². The average Bonchev–Trinajstić information content (AvgIpc) is 2.73. The quantitative estimate of drug-likeness (QED) is 0.788. The summed E-state index contributed by atoms with van der Waals surface area (Å²) >= 11 is 1.21. The lowest BCUT2D eigenvalue weighted by Gasteiger charge is -2.07. The number of primary amides is 1. The Morgan fingerprint density at radius 2 is 2.20 bits per heavy atom. The van der Waals surface area contributed by atoms with E-state index < -0.39 is 5.91 Å². The molecule has 0 bridgehead atoms. The third kappa shape index (κ3) is 2.85. The first-order chi connectivity index (χ1) is 9.52. The summed E-state index contributed by atoms with van der Waals surface area (Å²) in [6.07, 6.45) is 0. The second kappa shape index (κ2) is 5.83. The van der Waals surface area contributed by atoms with Crippen LogP contribution in [-0.2, 0) is 6.54 Å². The van der Waals surface area contributed by atoms with Crippen LogP contribution in [0.15, 0.2) is 24.3 Å². The van der Waals surface area contributed by atoms with E-state index in [0.717, 1.165) is 5.56 Å². The van der Waals surface area contributed by atoms with Crippen LogP contribution in [-0.4, -0.2) is 13.0 Å². The number of amides is 1. The van der Waals surface area contributed by atoms with Gasteiger partial charge in [-0.15, -0.1) is 11.3 Å². The predicted molar refractivity (Wildman–Crippen MR) is 82.3 cm³/mol. The highest BCUT2D eigenvalue weighted by Gasteiger charge is 2.19. The molecule has 5 N–H and O–H groups in total. The van der Waals surface area contributed by atoms with Crippen LogP contribution in [0.5, 0.6) is 5.75 Å². The van der Waals surface area contributed by atoms with E-state index in [1.807, 2.05) is 25.1 Å². The predicted octanol–water partition coefficient (Wildman–Crippen LogP) is 2.36. The van der Waals surface area contributed by atoms with Crippen molar-refractivity contribution < 1.29 is 9.53 Å². The van der Waals surface area contributed by atoms with E-state index in [1.165, 1.54) is 24.0 Å². The van der Waals surface area contributed by atoms with Gasteiger partial charge < -0.3 is 21.5 Å². The van der Waals surface area contributed by atoms with Crippen LogP contribution in [0.1, 0.15) is 20.8 Å². The number of carbonyl (C=O) groups is 1. The number of anilines is 2. The molecule has 0 unspecified atom stereocenters. The Balaban J connectivity index is 2.21. The largest absolute Gasteiger partial charge is 0.492 e. The summed E-state index contributed by atoms with van der Waals surface area (Å²) in [6.45, 7) is 2.66. The number of benzene rings is 1. The highest BCUT2D eigenvalue weighted by atomic mass is 32.1. The molecule has 0 aliphatic carbocycles. The molecule has 2 rings (SSSR count). The number of hydrogen-bond acceptors (Lipinski definition) is 5. The average molecular weight is 291 g/mol. The maximum atomic E-state index is 11.3. The molecule has 106 valence electrons. The van der Waals surface area contributed by atoms with Crippen molar-refractivity contribution in [1.82, 2.24) is 0 Å². The normalized spacial score (nSPS) is 10.3. The van der Waals surface area contributed by atoms with Crippen molar-refractivity contribution >= 4 is 27.9 Å². The van der Waals surface area contributed by atoms with Gasteiger partial charge in [0.25, 0.3) is 5.91 Å². The lowest BCUT2D eigenvalue weighted by molar-refractivity contribution is 0.100. The van der Waals surface area contributed by atoms with Crippen LogP contribution >= 0.6 is 11.3 Å². The molecule has 0 fully saturated rings. The zero-order valence-electron chi connectivity index (χ0n) is 11.4. The van der Waals surface area contributed by atoms with Crippen molar-refractivity contribution in [3.8, 4) is 5.75 Å². The molecule has 0 radical (unpaired) electrons. The van der Waals surface area contributed by atoms with Gasteiger partial charge in [-0.25, -0.2) is 0 Å². The van der Waals surface area contributed by atoms with E-state index in [4.69, 9.17) is 16.2 Å². The molecule has 1 aromatic heterocycles. The number of methoxy groups -OCH3 is 1. The summed E-state index contributed by atoms with van der Waals surface area (Å²) in [5, 5.41) is 3.94. The number of aryl methyl sites for hydroxylation is 1. The Hall–Kier alpha value is -2.21. The van der Waals surface area contributed by atoms with Gasteiger partial charge >= 0.3 is 0 Å². The van der Waals surface area contributed by atoms with E-state index in [2.05, 4.69) is 11.4 Å². The minimum atomic E-state index is -0.547. The number of nitrogen functional groups attached to an aromatic ring is 1. The molecule has 0 spiro atoms. The summed E-state index contributed by atoms with van der Waals surface area (Å²) in [5.74, 6) is -0.0779. The zero-order valence-corrected chi connectivity index (χ0v) is 12.2. The maximum absolute atomic E-state index is 11.3. The first kappa shape index (κ1) is 14.2. The van der Waals surface area contributed by atoms with Gasteiger partial charge in [-0.1, -0.05) is 29.8 Å². The van der Waals surface area contributed by atoms with Crippen molar-refractivity contribution in [2.24, 2.45) is 5.73 Å². The van der Waals surface area contributed by atoms with Crippen LogP contribution in [0.2, 0.25) is 0 Å². The van der Waals surface area contributed by atoms with Gasteiger partial charge in [-0.05, 0) is 12.5 Å². The molecular weight excluding hydrogens is 274 g/mol. The molecule has 0 aliphatic heterocycles. The van der Waals surface area contributed by atoms with Gasteiger partial charge in [0.15, 0.2) is 5.75 Å². The van der Waals surface area contributed by atoms with E-state index in [0.29, 0.717) is 22.2 Å². The van der Waals surface area contributed by atoms with E-state index >= 15 is 0 Å². The Labute approximate surface area is 121 Å². The van der Waals surface area contributed by atoms with Gasteiger partial charge in [0.05, 0.1) is 7.11 Å². The molecule has 0 saturated heterocycles. The van der Waals surface area contributed by atoms with E-state index in [-0.39, 0.29) is 5.69 Å². The SMILES string of the molecule is COc1c(NCc2cccc(C)c2)sc(C(N)=O)c1N. The number of thiophene rings is 1. The van der Waals surface area contributed by atoms with Crippen LogP contribution in [0.25, 0.3) is 0 Å². The third-order valence-electron chi connectivity index (χ3n) is 2.86. The van der Waals surface area contributed by atoms with Crippen molar-refractivity contribution in [2.75, 3.05) is 18.2 Å². The van der Waals surface area contributed by atoms with Gasteiger partial charge in [0, 0.05) is 6.54 Å². The second-order valence-corrected chi connectivity index (χ2v) is 5.43. The second-order valence-electron chi connectivity index (χ2n) is 4.41. The summed E-state index contributed by atoms with van der Waals surface area (Å²) < 4.78 is 5.23. The number of rotatable bonds is 5. The van der Waals surface area contributed by atoms with Crippen molar-refractivity contribution in [3.05, 3.63) is 40.3 Å². The Morgan fingerprint density at radius 1 is 1.45 bits per heavy atom. The standard InChI is InChI=1S/C14H17N3O2S/c1-8-4-3-5-9(6-8)7-17-14-11(19-2)10(15)12(20-14)13(16)18/h3-6,17H,7,15H2,1-2H3,(H2,16,18). The number of ether oxygens (including phenoxy) is 1. The summed E-state index contributed by atoms with van der Waals surface area (Å²) in [7, 11) is 1.51. The first-order valence-corrected chi connectivity index (χ1v) is 6.90. The molecule has 6 heteroatoms. The maximum Gasteiger partial charge on any atom is 0.261 e. The number of hydrogen-bond donors (Lipinski definition) is 3. The lowest BCUT2D eigenvalue weighted by Crippen LogP contribution is -2.10. The van der Waals surface area contributed by atoms with E-state index in [9.17, 15) is 4.79 Å². The molecule has 1 heterocycles. The Morgan fingerprint density at radius 3 is 2.80 bits per heavy atom. The fourth-order valence-corrected chi connectivity index (χ4v) is 2.87. The zero-order chi connectivity index (χ0) is 14.7. The lowest BCUT2D eigenvalue weighted by atomic mass is 10.1. The number of carbonyl (C=O) groups excluding carboxylic acids is 1. The van der Waals surface area contributed by atoms with Crippen LogP contribution < -0.4 is 21.5 Å². The van der Waals surface area contributed by atoms with Crippen molar-refractivity contribution in [1.29, 1.82) is 0 Å². The van der Waals surface area contributed by atoms with Gasteiger partial charge in [-0.3, -0.25) is 4.79 Å². The third-order valence-corrected chi connectivity index (χ3v) is 4.02. The summed E-state index contributed by atoms with van der Waals surface area (Å²) in [4.78, 5) is 11.6. The highest BCUT2D eigenvalue weighted by Crippen LogP contribution is 2.42. The molecular formula is C14H17N3O2S. The minimum absolute atomic E-state index is 0.289. The Kier molecular flexibility index (Phi) is 4.14. The first-order valence-electron chi connectivity index (χ1n) is 6.08. The molecule has 20 heavy (non-hydrogen) atoms. The fraction of sp³-hybridized carbons (Fsp3) is 0.214.